The molecule has 0 spiro atoms. The summed E-state index contributed by atoms with van der Waals surface area (Å²) in [7, 11) is -2.30. The molecule has 116 valence electrons. The minimum atomic E-state index is -3.61. The number of sulfonamides is 1. The van der Waals surface area contributed by atoms with E-state index >= 15 is 0 Å². The maximum atomic E-state index is 11.9. The lowest BCUT2D eigenvalue weighted by Crippen LogP contribution is -2.19. The van der Waals surface area contributed by atoms with Crippen molar-refractivity contribution in [2.75, 3.05) is 12.4 Å². The van der Waals surface area contributed by atoms with Crippen LogP contribution in [-0.4, -0.2) is 25.4 Å². The van der Waals surface area contributed by atoms with E-state index in [4.69, 9.17) is 0 Å². The van der Waals surface area contributed by atoms with Gasteiger partial charge in [-0.05, 0) is 37.7 Å². The topological polar surface area (TPSA) is 114 Å². The molecule has 0 radical (unpaired) electrons. The Bertz CT molecular complexity index is 821. The molecular formula is C13H14N4O4S. The van der Waals surface area contributed by atoms with Gasteiger partial charge in [-0.2, -0.15) is 0 Å². The highest BCUT2D eigenvalue weighted by atomic mass is 32.2. The first-order valence-corrected chi connectivity index (χ1v) is 7.74. The van der Waals surface area contributed by atoms with Gasteiger partial charge in [-0.25, -0.2) is 18.1 Å². The van der Waals surface area contributed by atoms with Crippen LogP contribution >= 0.6 is 0 Å². The van der Waals surface area contributed by atoms with Gasteiger partial charge >= 0.3 is 5.69 Å². The summed E-state index contributed by atoms with van der Waals surface area (Å²) in [6.45, 7) is 1.66. The van der Waals surface area contributed by atoms with E-state index in [1.165, 1.54) is 31.4 Å². The molecule has 0 saturated heterocycles. The number of benzene rings is 1. The minimum absolute atomic E-state index is 0.0455. The van der Waals surface area contributed by atoms with Crippen molar-refractivity contribution in [3.05, 3.63) is 52.2 Å². The Balaban J connectivity index is 2.44. The minimum Gasteiger partial charge on any atom is -0.334 e. The highest BCUT2D eigenvalue weighted by molar-refractivity contribution is 7.89. The van der Waals surface area contributed by atoms with Crippen molar-refractivity contribution in [2.24, 2.45) is 0 Å². The summed E-state index contributed by atoms with van der Waals surface area (Å²) < 4.78 is 26.1. The van der Waals surface area contributed by atoms with Gasteiger partial charge in [0.1, 0.15) is 0 Å². The zero-order valence-electron chi connectivity index (χ0n) is 11.9. The van der Waals surface area contributed by atoms with E-state index in [9.17, 15) is 18.5 Å². The van der Waals surface area contributed by atoms with E-state index in [2.05, 4.69) is 15.0 Å². The fourth-order valence-electron chi connectivity index (χ4n) is 1.85. The lowest BCUT2D eigenvalue weighted by atomic mass is 10.2. The number of hydrogen-bond acceptors (Lipinski definition) is 6. The summed E-state index contributed by atoms with van der Waals surface area (Å²) in [5.74, 6) is 0.0455. The average Bonchev–Trinajstić information content (AvgIpc) is 2.49. The van der Waals surface area contributed by atoms with E-state index in [1.807, 2.05) is 0 Å². The molecule has 0 bridgehead atoms. The van der Waals surface area contributed by atoms with Crippen LogP contribution < -0.4 is 10.0 Å². The second-order valence-corrected chi connectivity index (χ2v) is 6.30. The normalized spacial score (nSPS) is 11.2. The van der Waals surface area contributed by atoms with Crippen LogP contribution in [0.25, 0.3) is 0 Å². The standard InChI is InChI=1S/C13H14N4O4S/c1-9-5-6-10(8-12(9)22(20,21)14-2)16-13-11(17(18)19)4-3-7-15-13/h3-8,14H,1-2H3,(H,15,16). The van der Waals surface area contributed by atoms with Crippen LogP contribution in [0.5, 0.6) is 0 Å². The fourth-order valence-corrected chi connectivity index (χ4v) is 2.85. The van der Waals surface area contributed by atoms with Gasteiger partial charge in [0.05, 0.1) is 9.82 Å². The van der Waals surface area contributed by atoms with Crippen molar-refractivity contribution in [2.45, 2.75) is 11.8 Å². The summed E-state index contributed by atoms with van der Waals surface area (Å²) in [6, 6.07) is 7.41. The molecule has 0 atom stereocenters. The van der Waals surface area contributed by atoms with E-state index in [-0.39, 0.29) is 16.4 Å². The third kappa shape index (κ3) is 3.21. The quantitative estimate of drug-likeness (QED) is 0.642. The number of pyridine rings is 1. The number of aryl methyl sites for hydroxylation is 1. The number of nitrogens with zero attached hydrogens (tertiary/aromatic N) is 2. The first-order chi connectivity index (χ1) is 10.3. The van der Waals surface area contributed by atoms with Crippen molar-refractivity contribution in [3.63, 3.8) is 0 Å². The van der Waals surface area contributed by atoms with Gasteiger partial charge in [0.25, 0.3) is 0 Å². The maximum absolute atomic E-state index is 11.9. The second kappa shape index (κ2) is 6.08. The molecule has 22 heavy (non-hydrogen) atoms. The second-order valence-electron chi connectivity index (χ2n) is 4.44. The van der Waals surface area contributed by atoms with Crippen LogP contribution in [0.1, 0.15) is 5.56 Å². The van der Waals surface area contributed by atoms with Gasteiger partial charge in [-0.1, -0.05) is 6.07 Å². The van der Waals surface area contributed by atoms with Crippen LogP contribution in [0.3, 0.4) is 0 Å². The van der Waals surface area contributed by atoms with Crippen molar-refractivity contribution in [1.82, 2.24) is 9.71 Å². The Hall–Kier alpha value is -2.52. The molecule has 0 saturated carbocycles. The lowest BCUT2D eigenvalue weighted by Gasteiger charge is -2.10. The zero-order valence-corrected chi connectivity index (χ0v) is 12.7. The first-order valence-electron chi connectivity index (χ1n) is 6.26. The molecule has 0 unspecified atom stereocenters. The predicted molar refractivity (Wildman–Crippen MR) is 81.6 cm³/mol. The first kappa shape index (κ1) is 15.9. The summed E-state index contributed by atoms with van der Waals surface area (Å²) in [4.78, 5) is 14.4. The number of nitrogens with one attached hydrogen (secondary N) is 2. The number of nitro groups is 1. The average molecular weight is 322 g/mol. The highest BCUT2D eigenvalue weighted by Crippen LogP contribution is 2.27. The molecule has 2 aromatic rings. The lowest BCUT2D eigenvalue weighted by molar-refractivity contribution is -0.384. The molecule has 1 aromatic heterocycles. The smallest absolute Gasteiger partial charge is 0.311 e. The van der Waals surface area contributed by atoms with E-state index in [1.54, 1.807) is 19.1 Å². The van der Waals surface area contributed by atoms with Crippen LogP contribution in [0.4, 0.5) is 17.2 Å². The van der Waals surface area contributed by atoms with E-state index in [0.717, 1.165) is 0 Å². The largest absolute Gasteiger partial charge is 0.334 e. The number of anilines is 2. The van der Waals surface area contributed by atoms with Gasteiger partial charge in [-0.15, -0.1) is 0 Å². The van der Waals surface area contributed by atoms with Crippen molar-refractivity contribution >= 4 is 27.2 Å². The molecule has 2 N–H and O–H groups in total. The molecular weight excluding hydrogens is 308 g/mol. The highest BCUT2D eigenvalue weighted by Gasteiger charge is 2.17. The summed E-state index contributed by atoms with van der Waals surface area (Å²) >= 11 is 0. The van der Waals surface area contributed by atoms with Gasteiger partial charge < -0.3 is 5.32 Å². The van der Waals surface area contributed by atoms with E-state index < -0.39 is 14.9 Å². The monoisotopic (exact) mass is 322 g/mol. The fraction of sp³-hybridized carbons (Fsp3) is 0.154. The summed E-state index contributed by atoms with van der Waals surface area (Å²) in [5, 5.41) is 13.7. The van der Waals surface area contributed by atoms with Crippen LogP contribution in [-0.2, 0) is 10.0 Å². The van der Waals surface area contributed by atoms with Crippen LogP contribution in [0.2, 0.25) is 0 Å². The van der Waals surface area contributed by atoms with Gasteiger partial charge in [0, 0.05) is 18.0 Å². The third-order valence-corrected chi connectivity index (χ3v) is 4.55. The Labute approximate surface area is 127 Å². The zero-order chi connectivity index (χ0) is 16.3. The molecule has 2 rings (SSSR count). The predicted octanol–water partition coefficient (Wildman–Crippen LogP) is 1.95. The van der Waals surface area contributed by atoms with E-state index in [0.29, 0.717) is 11.3 Å². The van der Waals surface area contributed by atoms with Gasteiger partial charge in [-0.3, -0.25) is 10.1 Å². The maximum Gasteiger partial charge on any atom is 0.311 e. The Morgan fingerprint density at radius 1 is 1.27 bits per heavy atom. The van der Waals surface area contributed by atoms with Crippen LogP contribution in [0, 0.1) is 17.0 Å². The number of hydrogen-bond donors (Lipinski definition) is 2. The van der Waals surface area contributed by atoms with Crippen molar-refractivity contribution in [3.8, 4) is 0 Å². The molecule has 9 heteroatoms. The molecule has 0 aliphatic heterocycles. The van der Waals surface area contributed by atoms with Gasteiger partial charge in [0.2, 0.25) is 15.8 Å². The Morgan fingerprint density at radius 2 is 2.00 bits per heavy atom. The SMILES string of the molecule is CNS(=O)(=O)c1cc(Nc2ncccc2[N+](=O)[O-])ccc1C. The summed E-state index contributed by atoms with van der Waals surface area (Å²) in [6.07, 6.45) is 1.41. The molecule has 8 nitrogen and oxygen atoms in total. The Kier molecular flexibility index (Phi) is 4.38. The third-order valence-electron chi connectivity index (χ3n) is 2.99. The summed E-state index contributed by atoms with van der Waals surface area (Å²) in [5.41, 5.74) is 0.762. The number of rotatable bonds is 5. The van der Waals surface area contributed by atoms with Gasteiger partial charge in [0.15, 0.2) is 0 Å². The molecule has 0 fully saturated rings. The van der Waals surface area contributed by atoms with Crippen molar-refractivity contribution < 1.29 is 13.3 Å². The molecule has 1 aromatic carbocycles. The van der Waals surface area contributed by atoms with Crippen LogP contribution in [0.15, 0.2) is 41.4 Å². The molecule has 0 amide bonds. The Morgan fingerprint density at radius 3 is 2.64 bits per heavy atom. The molecule has 0 aliphatic carbocycles. The van der Waals surface area contributed by atoms with Crippen molar-refractivity contribution in [1.29, 1.82) is 0 Å². The molecule has 1 heterocycles. The number of aromatic nitrogens is 1. The molecule has 0 aliphatic rings.